The molecule has 18 heavy (non-hydrogen) atoms. The van der Waals surface area contributed by atoms with Gasteiger partial charge in [0.1, 0.15) is 0 Å². The Morgan fingerprint density at radius 2 is 2.28 bits per heavy atom. The molecule has 0 bridgehead atoms. The van der Waals surface area contributed by atoms with Crippen molar-refractivity contribution in [2.24, 2.45) is 7.05 Å². The molecule has 0 aromatic carbocycles. The molecule has 2 heterocycles. The number of amides is 1. The number of carbonyl (C=O) groups excluding carboxylic acids is 1. The summed E-state index contributed by atoms with van der Waals surface area (Å²) in [5.41, 5.74) is 1.14. The Morgan fingerprint density at radius 3 is 2.94 bits per heavy atom. The first-order chi connectivity index (χ1) is 8.75. The fraction of sp³-hybridized carbons (Fsp3) is 0.667. The first kappa shape index (κ1) is 13.0. The molecule has 0 unspecified atom stereocenters. The summed E-state index contributed by atoms with van der Waals surface area (Å²) in [6, 6.07) is 1.97. The largest absolute Gasteiger partial charge is 0.355 e. The Kier molecular flexibility index (Phi) is 4.72. The predicted molar refractivity (Wildman–Crippen MR) is 69.2 cm³/mol. The molecule has 1 amide bonds. The lowest BCUT2D eigenvalue weighted by Gasteiger charge is -2.26. The molecule has 0 radical (unpaired) electrons. The Morgan fingerprint density at radius 1 is 1.50 bits per heavy atom. The fourth-order valence-electron chi connectivity index (χ4n) is 2.10. The fourth-order valence-corrected chi connectivity index (χ4v) is 2.10. The van der Waals surface area contributed by atoms with Gasteiger partial charge in [-0.2, -0.15) is 5.10 Å². The summed E-state index contributed by atoms with van der Waals surface area (Å²) in [7, 11) is 1.91. The second-order valence-electron chi connectivity index (χ2n) is 4.57. The predicted octanol–water partition coefficient (Wildman–Crippen LogP) is -1.02. The van der Waals surface area contributed by atoms with Crippen molar-refractivity contribution in [1.82, 2.24) is 25.3 Å². The molecule has 1 aliphatic rings. The van der Waals surface area contributed by atoms with Crippen LogP contribution in [-0.4, -0.2) is 59.9 Å². The van der Waals surface area contributed by atoms with Crippen LogP contribution in [0.3, 0.4) is 0 Å². The van der Waals surface area contributed by atoms with Crippen LogP contribution in [0.15, 0.2) is 12.3 Å². The highest BCUT2D eigenvalue weighted by Crippen LogP contribution is 1.96. The standard InChI is InChI=1S/C12H21N5O/c1-16-11(3-5-15-16)2-4-14-12(18)10-17-8-6-13-7-9-17/h3,5,13H,2,4,6-10H2,1H3,(H,14,18). The maximum Gasteiger partial charge on any atom is 0.234 e. The molecule has 1 aromatic heterocycles. The number of hydrogen-bond donors (Lipinski definition) is 2. The van der Waals surface area contributed by atoms with Crippen LogP contribution in [0.5, 0.6) is 0 Å². The van der Waals surface area contributed by atoms with Crippen molar-refractivity contribution in [3.8, 4) is 0 Å². The first-order valence-corrected chi connectivity index (χ1v) is 6.42. The van der Waals surface area contributed by atoms with Gasteiger partial charge in [-0.1, -0.05) is 0 Å². The number of aromatic nitrogens is 2. The number of carbonyl (C=O) groups is 1. The third kappa shape index (κ3) is 3.82. The summed E-state index contributed by atoms with van der Waals surface area (Å²) < 4.78 is 1.84. The van der Waals surface area contributed by atoms with E-state index in [2.05, 4.69) is 20.6 Å². The van der Waals surface area contributed by atoms with E-state index in [9.17, 15) is 4.79 Å². The Balaban J connectivity index is 1.64. The van der Waals surface area contributed by atoms with Crippen molar-refractivity contribution in [3.63, 3.8) is 0 Å². The Bertz CT molecular complexity index is 384. The molecule has 6 heteroatoms. The van der Waals surface area contributed by atoms with Crippen molar-refractivity contribution < 1.29 is 4.79 Å². The van der Waals surface area contributed by atoms with Crippen molar-refractivity contribution >= 4 is 5.91 Å². The lowest BCUT2D eigenvalue weighted by atomic mass is 10.3. The second kappa shape index (κ2) is 6.51. The molecule has 1 aromatic rings. The second-order valence-corrected chi connectivity index (χ2v) is 4.57. The van der Waals surface area contributed by atoms with E-state index in [0.717, 1.165) is 38.3 Å². The highest BCUT2D eigenvalue weighted by atomic mass is 16.2. The maximum atomic E-state index is 11.7. The van der Waals surface area contributed by atoms with E-state index in [1.165, 1.54) is 0 Å². The van der Waals surface area contributed by atoms with Gasteiger partial charge in [0.05, 0.1) is 6.54 Å². The molecule has 0 atom stereocenters. The molecule has 0 spiro atoms. The smallest absolute Gasteiger partial charge is 0.234 e. The molecule has 1 fully saturated rings. The van der Waals surface area contributed by atoms with Gasteiger partial charge in [0, 0.05) is 58.1 Å². The average Bonchev–Trinajstić information content (AvgIpc) is 2.76. The Hall–Kier alpha value is -1.40. The van der Waals surface area contributed by atoms with Gasteiger partial charge in [-0.15, -0.1) is 0 Å². The molecule has 1 saturated heterocycles. The van der Waals surface area contributed by atoms with Crippen molar-refractivity contribution in [3.05, 3.63) is 18.0 Å². The quantitative estimate of drug-likeness (QED) is 0.703. The van der Waals surface area contributed by atoms with Gasteiger partial charge in [-0.05, 0) is 6.07 Å². The van der Waals surface area contributed by atoms with Crippen LogP contribution in [0.1, 0.15) is 5.69 Å². The van der Waals surface area contributed by atoms with Crippen molar-refractivity contribution in [2.75, 3.05) is 39.3 Å². The van der Waals surface area contributed by atoms with Crippen LogP contribution < -0.4 is 10.6 Å². The maximum absolute atomic E-state index is 11.7. The van der Waals surface area contributed by atoms with Gasteiger partial charge < -0.3 is 10.6 Å². The van der Waals surface area contributed by atoms with Crippen LogP contribution in [0, 0.1) is 0 Å². The summed E-state index contributed by atoms with van der Waals surface area (Å²) in [5.74, 6) is 0.110. The first-order valence-electron chi connectivity index (χ1n) is 6.42. The van der Waals surface area contributed by atoms with Crippen LogP contribution in [-0.2, 0) is 18.3 Å². The number of nitrogens with zero attached hydrogens (tertiary/aromatic N) is 3. The lowest BCUT2D eigenvalue weighted by molar-refractivity contribution is -0.122. The zero-order valence-electron chi connectivity index (χ0n) is 10.9. The normalized spacial score (nSPS) is 16.7. The van der Waals surface area contributed by atoms with Crippen LogP contribution in [0.25, 0.3) is 0 Å². The van der Waals surface area contributed by atoms with E-state index >= 15 is 0 Å². The van der Waals surface area contributed by atoms with Crippen molar-refractivity contribution in [1.29, 1.82) is 0 Å². The summed E-state index contributed by atoms with van der Waals surface area (Å²) in [6.45, 7) is 5.03. The summed E-state index contributed by atoms with van der Waals surface area (Å²) in [5, 5.41) is 10.3. The van der Waals surface area contributed by atoms with Gasteiger partial charge in [0.2, 0.25) is 5.91 Å². The third-order valence-corrected chi connectivity index (χ3v) is 3.20. The number of rotatable bonds is 5. The van der Waals surface area contributed by atoms with E-state index in [0.29, 0.717) is 13.1 Å². The minimum atomic E-state index is 0.110. The van der Waals surface area contributed by atoms with E-state index in [-0.39, 0.29) is 5.91 Å². The minimum Gasteiger partial charge on any atom is -0.355 e. The highest BCUT2D eigenvalue weighted by Gasteiger charge is 2.12. The summed E-state index contributed by atoms with van der Waals surface area (Å²) in [6.07, 6.45) is 2.60. The van der Waals surface area contributed by atoms with Gasteiger partial charge in [0.25, 0.3) is 0 Å². The molecule has 2 rings (SSSR count). The van der Waals surface area contributed by atoms with Crippen LogP contribution in [0.4, 0.5) is 0 Å². The molecule has 6 nitrogen and oxygen atoms in total. The third-order valence-electron chi connectivity index (χ3n) is 3.20. The van der Waals surface area contributed by atoms with Gasteiger partial charge in [0.15, 0.2) is 0 Å². The highest BCUT2D eigenvalue weighted by molar-refractivity contribution is 5.78. The molecular weight excluding hydrogens is 230 g/mol. The molecule has 100 valence electrons. The zero-order valence-corrected chi connectivity index (χ0v) is 10.9. The van der Waals surface area contributed by atoms with E-state index < -0.39 is 0 Å². The van der Waals surface area contributed by atoms with Crippen LogP contribution >= 0.6 is 0 Å². The van der Waals surface area contributed by atoms with Crippen molar-refractivity contribution in [2.45, 2.75) is 6.42 Å². The number of piperazine rings is 1. The van der Waals surface area contributed by atoms with E-state index in [4.69, 9.17) is 0 Å². The minimum absolute atomic E-state index is 0.110. The van der Waals surface area contributed by atoms with E-state index in [1.54, 1.807) is 6.20 Å². The topological polar surface area (TPSA) is 62.2 Å². The van der Waals surface area contributed by atoms with Gasteiger partial charge in [-0.3, -0.25) is 14.4 Å². The Labute approximate surface area is 107 Å². The molecule has 2 N–H and O–H groups in total. The number of aryl methyl sites for hydroxylation is 1. The summed E-state index contributed by atoms with van der Waals surface area (Å²) >= 11 is 0. The van der Waals surface area contributed by atoms with Gasteiger partial charge >= 0.3 is 0 Å². The van der Waals surface area contributed by atoms with Gasteiger partial charge in [-0.25, -0.2) is 0 Å². The summed E-state index contributed by atoms with van der Waals surface area (Å²) in [4.78, 5) is 13.9. The number of hydrogen-bond acceptors (Lipinski definition) is 4. The average molecular weight is 251 g/mol. The molecular formula is C12H21N5O. The molecule has 0 saturated carbocycles. The SMILES string of the molecule is Cn1nccc1CCNC(=O)CN1CCNCC1. The number of nitrogens with one attached hydrogen (secondary N) is 2. The molecule has 0 aliphatic carbocycles. The van der Waals surface area contributed by atoms with E-state index in [1.807, 2.05) is 17.8 Å². The zero-order chi connectivity index (χ0) is 12.8. The monoisotopic (exact) mass is 251 g/mol. The van der Waals surface area contributed by atoms with Crippen LogP contribution in [0.2, 0.25) is 0 Å². The lowest BCUT2D eigenvalue weighted by Crippen LogP contribution is -2.47. The molecule has 1 aliphatic heterocycles.